The number of amides is 1. The lowest BCUT2D eigenvalue weighted by atomic mass is 10.00. The van der Waals surface area contributed by atoms with Crippen LogP contribution in [0.3, 0.4) is 0 Å². The molecule has 0 saturated carbocycles. The molecule has 2 aromatic heterocycles. The molecule has 0 aliphatic carbocycles. The number of piperidine rings is 1. The molecule has 3 heterocycles. The van der Waals surface area contributed by atoms with Crippen LogP contribution < -0.4 is 10.6 Å². The van der Waals surface area contributed by atoms with Crippen molar-refractivity contribution in [3.05, 3.63) is 59.4 Å². The van der Waals surface area contributed by atoms with Crippen LogP contribution in [-0.4, -0.2) is 35.3 Å². The topological polar surface area (TPSA) is 72.1 Å². The van der Waals surface area contributed by atoms with Crippen LogP contribution in [-0.2, 0) is 0 Å². The van der Waals surface area contributed by atoms with Crippen LogP contribution >= 0.6 is 24.0 Å². The van der Waals surface area contributed by atoms with E-state index in [-0.39, 0.29) is 18.3 Å². The van der Waals surface area contributed by atoms with Crippen molar-refractivity contribution in [3.63, 3.8) is 0 Å². The van der Waals surface area contributed by atoms with Gasteiger partial charge in [-0.05, 0) is 68.2 Å². The van der Waals surface area contributed by atoms with E-state index in [9.17, 15) is 4.79 Å². The maximum absolute atomic E-state index is 12.6. The third kappa shape index (κ3) is 4.58. The Morgan fingerprint density at radius 2 is 2.14 bits per heavy atom. The zero-order valence-electron chi connectivity index (χ0n) is 15.2. The number of hydrogen-bond acceptors (Lipinski definition) is 4. The molecule has 0 radical (unpaired) electrons. The molecule has 0 bridgehead atoms. The second-order valence-electron chi connectivity index (χ2n) is 6.70. The van der Waals surface area contributed by atoms with E-state index in [1.807, 2.05) is 24.3 Å². The van der Waals surface area contributed by atoms with Crippen molar-refractivity contribution in [2.24, 2.45) is 5.92 Å². The summed E-state index contributed by atoms with van der Waals surface area (Å²) in [6.07, 6.45) is 3.88. The molecule has 8 heteroatoms. The van der Waals surface area contributed by atoms with Crippen LogP contribution in [0.2, 0.25) is 5.02 Å². The Hall–Kier alpha value is -2.28. The van der Waals surface area contributed by atoms with Gasteiger partial charge in [-0.3, -0.25) is 4.79 Å². The van der Waals surface area contributed by atoms with Crippen LogP contribution in [0.5, 0.6) is 0 Å². The van der Waals surface area contributed by atoms with Crippen LogP contribution in [0.25, 0.3) is 17.1 Å². The van der Waals surface area contributed by atoms with Gasteiger partial charge in [-0.25, -0.2) is 4.68 Å². The fourth-order valence-electron chi connectivity index (χ4n) is 3.30. The van der Waals surface area contributed by atoms with Crippen molar-refractivity contribution in [1.82, 2.24) is 20.4 Å². The van der Waals surface area contributed by atoms with Gasteiger partial charge in [0.25, 0.3) is 5.91 Å². The normalized spacial score (nSPS) is 16.4. The number of nitrogens with one attached hydrogen (secondary N) is 2. The zero-order valence-corrected chi connectivity index (χ0v) is 16.8. The molecule has 3 aromatic rings. The average molecular weight is 421 g/mol. The number of furan rings is 1. The Labute approximate surface area is 174 Å². The third-order valence-corrected chi connectivity index (χ3v) is 4.99. The molecule has 1 amide bonds. The molecule has 4 rings (SSSR count). The second kappa shape index (κ2) is 9.28. The molecule has 1 saturated heterocycles. The quantitative estimate of drug-likeness (QED) is 0.655. The molecule has 6 nitrogen and oxygen atoms in total. The Kier molecular flexibility index (Phi) is 6.78. The Morgan fingerprint density at radius 3 is 2.82 bits per heavy atom. The van der Waals surface area contributed by atoms with Crippen LogP contribution in [0.4, 0.5) is 0 Å². The van der Waals surface area contributed by atoms with Gasteiger partial charge in [0.15, 0.2) is 11.5 Å². The lowest BCUT2D eigenvalue weighted by molar-refractivity contribution is 0.0939. The molecule has 1 atom stereocenters. The monoisotopic (exact) mass is 420 g/mol. The van der Waals surface area contributed by atoms with E-state index in [0.717, 1.165) is 31.6 Å². The number of aromatic nitrogens is 2. The minimum atomic E-state index is -0.180. The maximum atomic E-state index is 12.6. The lowest BCUT2D eigenvalue weighted by Gasteiger charge is -2.22. The van der Waals surface area contributed by atoms with Gasteiger partial charge in [0.05, 0.1) is 12.0 Å². The van der Waals surface area contributed by atoms with Crippen LogP contribution in [0, 0.1) is 5.92 Å². The van der Waals surface area contributed by atoms with E-state index in [2.05, 4.69) is 15.7 Å². The van der Waals surface area contributed by atoms with E-state index >= 15 is 0 Å². The minimum Gasteiger partial charge on any atom is -0.463 e. The summed E-state index contributed by atoms with van der Waals surface area (Å²) in [6.45, 7) is 2.65. The van der Waals surface area contributed by atoms with E-state index in [1.165, 1.54) is 0 Å². The highest BCUT2D eigenvalue weighted by Crippen LogP contribution is 2.25. The molecule has 0 spiro atoms. The van der Waals surface area contributed by atoms with Crippen LogP contribution in [0.1, 0.15) is 23.3 Å². The summed E-state index contributed by atoms with van der Waals surface area (Å²) in [6, 6.07) is 12.7. The summed E-state index contributed by atoms with van der Waals surface area (Å²) >= 11 is 5.99. The molecule has 28 heavy (non-hydrogen) atoms. The second-order valence-corrected chi connectivity index (χ2v) is 7.14. The largest absolute Gasteiger partial charge is 0.463 e. The number of nitrogens with zero attached hydrogens (tertiary/aromatic N) is 2. The van der Waals surface area contributed by atoms with Gasteiger partial charge in [-0.2, -0.15) is 5.10 Å². The van der Waals surface area contributed by atoms with E-state index in [4.69, 9.17) is 16.0 Å². The van der Waals surface area contributed by atoms with Gasteiger partial charge in [0, 0.05) is 17.6 Å². The summed E-state index contributed by atoms with van der Waals surface area (Å²) < 4.78 is 7.23. The predicted octanol–water partition coefficient (Wildman–Crippen LogP) is 3.94. The highest BCUT2D eigenvalue weighted by atomic mass is 35.5. The summed E-state index contributed by atoms with van der Waals surface area (Å²) in [5.74, 6) is 0.930. The van der Waals surface area contributed by atoms with Gasteiger partial charge in [-0.1, -0.05) is 11.6 Å². The fraction of sp³-hybridized carbons (Fsp3) is 0.300. The number of rotatable bonds is 5. The van der Waals surface area contributed by atoms with Crippen molar-refractivity contribution in [2.45, 2.75) is 12.8 Å². The van der Waals surface area contributed by atoms with Gasteiger partial charge in [0.2, 0.25) is 0 Å². The molecule has 1 fully saturated rings. The van der Waals surface area contributed by atoms with E-state index in [1.54, 1.807) is 29.1 Å². The van der Waals surface area contributed by atoms with E-state index in [0.29, 0.717) is 34.6 Å². The van der Waals surface area contributed by atoms with Crippen molar-refractivity contribution in [3.8, 4) is 17.1 Å². The molecule has 148 valence electrons. The minimum absolute atomic E-state index is 0. The van der Waals surface area contributed by atoms with Gasteiger partial charge in [-0.15, -0.1) is 12.4 Å². The summed E-state index contributed by atoms with van der Waals surface area (Å²) in [5, 5.41) is 11.5. The highest BCUT2D eigenvalue weighted by molar-refractivity contribution is 6.30. The standard InChI is InChI=1S/C20H21ClN4O2.ClH/c21-15-5-7-16(8-6-15)25-18(19-4-2-10-27-19)11-17(24-25)20(26)23-13-14-3-1-9-22-12-14;/h2,4-8,10-11,14,22H,1,3,9,12-13H2,(H,23,26);1H. The smallest absolute Gasteiger partial charge is 0.271 e. The lowest BCUT2D eigenvalue weighted by Crippen LogP contribution is -2.38. The van der Waals surface area contributed by atoms with Gasteiger partial charge >= 0.3 is 0 Å². The number of carbonyl (C=O) groups is 1. The van der Waals surface area contributed by atoms with E-state index < -0.39 is 0 Å². The maximum Gasteiger partial charge on any atom is 0.271 e. The first-order valence-corrected chi connectivity index (χ1v) is 9.47. The predicted molar refractivity (Wildman–Crippen MR) is 111 cm³/mol. The van der Waals surface area contributed by atoms with Crippen molar-refractivity contribution < 1.29 is 9.21 Å². The number of carbonyl (C=O) groups excluding carboxylic acids is 1. The highest BCUT2D eigenvalue weighted by Gasteiger charge is 2.20. The number of hydrogen-bond donors (Lipinski definition) is 2. The SMILES string of the molecule is Cl.O=C(NCC1CCCNC1)c1cc(-c2ccco2)n(-c2ccc(Cl)cc2)n1. The van der Waals surface area contributed by atoms with Crippen molar-refractivity contribution >= 4 is 29.9 Å². The summed E-state index contributed by atoms with van der Waals surface area (Å²) in [5.41, 5.74) is 1.88. The third-order valence-electron chi connectivity index (χ3n) is 4.74. The fourth-order valence-corrected chi connectivity index (χ4v) is 3.42. The van der Waals surface area contributed by atoms with Crippen molar-refractivity contribution in [1.29, 1.82) is 0 Å². The molecule has 1 aliphatic rings. The first-order chi connectivity index (χ1) is 13.2. The molecule has 1 aliphatic heterocycles. The molecule has 1 unspecified atom stereocenters. The van der Waals surface area contributed by atoms with Crippen molar-refractivity contribution in [2.75, 3.05) is 19.6 Å². The van der Waals surface area contributed by atoms with Crippen LogP contribution in [0.15, 0.2) is 53.1 Å². The molecule has 2 N–H and O–H groups in total. The number of benzene rings is 1. The Balaban J connectivity index is 0.00000225. The van der Waals surface area contributed by atoms with Gasteiger partial charge < -0.3 is 15.1 Å². The Morgan fingerprint density at radius 1 is 1.32 bits per heavy atom. The molecular formula is C20H22Cl2N4O2. The first kappa shape index (κ1) is 20.5. The molecular weight excluding hydrogens is 399 g/mol. The average Bonchev–Trinajstić information content (AvgIpc) is 3.37. The first-order valence-electron chi connectivity index (χ1n) is 9.09. The summed E-state index contributed by atoms with van der Waals surface area (Å²) in [4.78, 5) is 12.6. The zero-order chi connectivity index (χ0) is 18.6. The Bertz CT molecular complexity index is 901. The number of halogens is 2. The van der Waals surface area contributed by atoms with Gasteiger partial charge in [0.1, 0.15) is 5.69 Å². The summed E-state index contributed by atoms with van der Waals surface area (Å²) in [7, 11) is 0. The molecule has 1 aromatic carbocycles.